The molecule has 1 N–H and O–H groups in total. The van der Waals surface area contributed by atoms with E-state index < -0.39 is 16.4 Å². The number of benzene rings is 2. The smallest absolute Gasteiger partial charge is 0.345 e. The van der Waals surface area contributed by atoms with Crippen LogP contribution in [0.5, 0.6) is 0 Å². The highest BCUT2D eigenvalue weighted by Crippen LogP contribution is 2.26. The van der Waals surface area contributed by atoms with Crippen molar-refractivity contribution in [1.82, 2.24) is 4.98 Å². The molecular formula is C21H17BrClN3O3S2. The van der Waals surface area contributed by atoms with Gasteiger partial charge in [0.05, 0.1) is 17.5 Å². The molecule has 2 heterocycles. The van der Waals surface area contributed by atoms with Gasteiger partial charge in [-0.25, -0.2) is 9.78 Å². The van der Waals surface area contributed by atoms with Crippen LogP contribution in [-0.2, 0) is 10.8 Å². The van der Waals surface area contributed by atoms with E-state index in [1.165, 1.54) is 11.3 Å². The molecule has 0 radical (unpaired) electrons. The zero-order valence-corrected chi connectivity index (χ0v) is 20.4. The number of halogens is 2. The molecule has 0 aliphatic heterocycles. The summed E-state index contributed by atoms with van der Waals surface area (Å²) >= 11 is 10.8. The van der Waals surface area contributed by atoms with Crippen molar-refractivity contribution in [3.8, 4) is 11.3 Å². The van der Waals surface area contributed by atoms with E-state index in [1.54, 1.807) is 42.3 Å². The molecule has 2 aromatic heterocycles. The molecular weight excluding hydrogens is 522 g/mol. The Hall–Kier alpha value is -2.33. The summed E-state index contributed by atoms with van der Waals surface area (Å²) in [6.45, 7) is 0. The Morgan fingerprint density at radius 1 is 1.23 bits per heavy atom. The SMILES string of the molecule is CS(C)=O.O=c1oc2ccc(Br)cc2cc1-c1csc(N/N=C/c2ccccc2Cl)n1. The summed E-state index contributed by atoms with van der Waals surface area (Å²) in [6, 6.07) is 14.6. The number of fused-ring (bicyclic) bond motifs is 1. The van der Waals surface area contributed by atoms with Gasteiger partial charge >= 0.3 is 5.63 Å². The van der Waals surface area contributed by atoms with Crippen molar-refractivity contribution in [3.05, 3.63) is 79.4 Å². The fraction of sp³-hybridized carbons (Fsp3) is 0.0952. The predicted octanol–water partition coefficient (Wildman–Crippen LogP) is 5.77. The molecule has 0 spiro atoms. The Balaban J connectivity index is 0.000000628. The first-order chi connectivity index (χ1) is 14.8. The molecule has 160 valence electrons. The molecule has 0 atom stereocenters. The molecule has 4 rings (SSSR count). The Morgan fingerprint density at radius 2 is 1.97 bits per heavy atom. The van der Waals surface area contributed by atoms with Gasteiger partial charge in [-0.2, -0.15) is 5.10 Å². The summed E-state index contributed by atoms with van der Waals surface area (Å²) in [5, 5.41) is 7.91. The van der Waals surface area contributed by atoms with Gasteiger partial charge in [0.15, 0.2) is 0 Å². The molecule has 0 saturated heterocycles. The standard InChI is InChI=1S/C19H11BrClN3O2S.C2H6OS/c20-13-5-6-17-12(7-13)8-14(18(25)26-17)16-10-27-19(23-16)24-22-9-11-3-1-2-4-15(11)21;1-4(2)3/h1-10H,(H,23,24);1-2H3/b22-9+;. The van der Waals surface area contributed by atoms with Crippen molar-refractivity contribution in [1.29, 1.82) is 0 Å². The number of nitrogens with one attached hydrogen (secondary N) is 1. The maximum Gasteiger partial charge on any atom is 0.345 e. The van der Waals surface area contributed by atoms with Gasteiger partial charge in [0.2, 0.25) is 5.13 Å². The summed E-state index contributed by atoms with van der Waals surface area (Å²) in [7, 11) is -0.611. The lowest BCUT2D eigenvalue weighted by Crippen LogP contribution is -2.03. The minimum Gasteiger partial charge on any atom is -0.422 e. The number of rotatable bonds is 4. The van der Waals surface area contributed by atoms with E-state index in [2.05, 4.69) is 31.4 Å². The summed E-state index contributed by atoms with van der Waals surface area (Å²) in [6.07, 6.45) is 4.89. The van der Waals surface area contributed by atoms with Crippen molar-refractivity contribution in [2.75, 3.05) is 17.9 Å². The van der Waals surface area contributed by atoms with E-state index in [0.29, 0.717) is 27.0 Å². The van der Waals surface area contributed by atoms with Gasteiger partial charge in [-0.15, -0.1) is 11.3 Å². The molecule has 0 bridgehead atoms. The number of thiazole rings is 1. The van der Waals surface area contributed by atoms with Crippen LogP contribution in [-0.4, -0.2) is 27.9 Å². The lowest BCUT2D eigenvalue weighted by atomic mass is 10.1. The van der Waals surface area contributed by atoms with Crippen molar-refractivity contribution >= 4 is 72.0 Å². The van der Waals surface area contributed by atoms with Crippen molar-refractivity contribution in [3.63, 3.8) is 0 Å². The van der Waals surface area contributed by atoms with Crippen molar-refractivity contribution < 1.29 is 8.63 Å². The maximum absolute atomic E-state index is 12.3. The van der Waals surface area contributed by atoms with E-state index >= 15 is 0 Å². The monoisotopic (exact) mass is 537 g/mol. The second kappa shape index (κ2) is 10.8. The summed E-state index contributed by atoms with van der Waals surface area (Å²) in [5.41, 5.74) is 4.69. The molecule has 0 fully saturated rings. The zero-order chi connectivity index (χ0) is 22.4. The van der Waals surface area contributed by atoms with Gasteiger partial charge < -0.3 is 4.42 Å². The number of hydrogen-bond acceptors (Lipinski definition) is 7. The molecule has 0 amide bonds. The fourth-order valence-electron chi connectivity index (χ4n) is 2.46. The molecule has 0 aliphatic rings. The summed E-state index contributed by atoms with van der Waals surface area (Å²) < 4.78 is 15.8. The highest BCUT2D eigenvalue weighted by Gasteiger charge is 2.11. The molecule has 0 saturated carbocycles. The fourth-order valence-corrected chi connectivity index (χ4v) is 3.68. The van der Waals surface area contributed by atoms with E-state index in [9.17, 15) is 9.00 Å². The Bertz CT molecular complexity index is 1320. The van der Waals surface area contributed by atoms with Crippen molar-refractivity contribution in [2.45, 2.75) is 0 Å². The predicted molar refractivity (Wildman–Crippen MR) is 134 cm³/mol. The average molecular weight is 539 g/mol. The number of aromatic nitrogens is 1. The van der Waals surface area contributed by atoms with Crippen LogP contribution in [0.3, 0.4) is 0 Å². The van der Waals surface area contributed by atoms with Crippen LogP contribution in [0.1, 0.15) is 5.56 Å². The third-order valence-electron chi connectivity index (χ3n) is 3.74. The van der Waals surface area contributed by atoms with Gasteiger partial charge in [-0.3, -0.25) is 9.63 Å². The van der Waals surface area contributed by atoms with Crippen LogP contribution < -0.4 is 11.1 Å². The zero-order valence-electron chi connectivity index (χ0n) is 16.5. The topological polar surface area (TPSA) is 84.6 Å². The number of hydrazone groups is 1. The van der Waals surface area contributed by atoms with Crippen LogP contribution in [0.2, 0.25) is 5.02 Å². The van der Waals surface area contributed by atoms with E-state index in [4.69, 9.17) is 16.0 Å². The third-order valence-corrected chi connectivity index (χ3v) is 5.33. The molecule has 10 heteroatoms. The highest BCUT2D eigenvalue weighted by atomic mass is 79.9. The van der Waals surface area contributed by atoms with E-state index in [0.717, 1.165) is 15.4 Å². The number of anilines is 1. The Labute approximate surface area is 198 Å². The van der Waals surface area contributed by atoms with Gasteiger partial charge in [0, 0.05) is 49.1 Å². The molecule has 31 heavy (non-hydrogen) atoms. The van der Waals surface area contributed by atoms with Gasteiger partial charge in [0.1, 0.15) is 5.58 Å². The Kier molecular flexibility index (Phi) is 8.14. The first kappa shape index (κ1) is 23.3. The van der Waals surface area contributed by atoms with E-state index in [1.807, 2.05) is 30.3 Å². The van der Waals surface area contributed by atoms with Gasteiger partial charge in [0.25, 0.3) is 0 Å². The first-order valence-corrected chi connectivity index (χ1v) is 12.8. The minimum atomic E-state index is -0.611. The van der Waals surface area contributed by atoms with Crippen LogP contribution in [0.25, 0.3) is 22.2 Å². The van der Waals surface area contributed by atoms with Crippen LogP contribution in [0, 0.1) is 0 Å². The van der Waals surface area contributed by atoms with Gasteiger partial charge in [-0.1, -0.05) is 45.7 Å². The Morgan fingerprint density at radius 3 is 2.71 bits per heavy atom. The lowest BCUT2D eigenvalue weighted by Gasteiger charge is -2.00. The quantitative estimate of drug-likeness (QED) is 0.202. The molecule has 4 aromatic rings. The second-order valence-electron chi connectivity index (χ2n) is 6.30. The summed E-state index contributed by atoms with van der Waals surface area (Å²) in [5.74, 6) is 0. The van der Waals surface area contributed by atoms with Crippen LogP contribution in [0.4, 0.5) is 5.13 Å². The van der Waals surface area contributed by atoms with E-state index in [-0.39, 0.29) is 0 Å². The molecule has 2 aromatic carbocycles. The third kappa shape index (κ3) is 6.57. The van der Waals surface area contributed by atoms with Crippen LogP contribution >= 0.6 is 38.9 Å². The molecule has 6 nitrogen and oxygen atoms in total. The lowest BCUT2D eigenvalue weighted by molar-refractivity contribution is 0.563. The molecule has 0 unspecified atom stereocenters. The number of hydrogen-bond donors (Lipinski definition) is 1. The second-order valence-corrected chi connectivity index (χ2v) is 9.96. The van der Waals surface area contributed by atoms with Crippen molar-refractivity contribution in [2.24, 2.45) is 5.10 Å². The van der Waals surface area contributed by atoms with Gasteiger partial charge in [-0.05, 0) is 30.3 Å². The highest BCUT2D eigenvalue weighted by molar-refractivity contribution is 9.10. The first-order valence-electron chi connectivity index (χ1n) is 8.81. The summed E-state index contributed by atoms with van der Waals surface area (Å²) in [4.78, 5) is 16.7. The van der Waals surface area contributed by atoms with Crippen LogP contribution in [0.15, 0.2) is 72.7 Å². The minimum absolute atomic E-state index is 0.403. The number of nitrogens with zero attached hydrogens (tertiary/aromatic N) is 2. The maximum atomic E-state index is 12.3. The normalized spacial score (nSPS) is 11.0. The molecule has 0 aliphatic carbocycles. The average Bonchev–Trinajstić information content (AvgIpc) is 3.17. The largest absolute Gasteiger partial charge is 0.422 e.